The number of amides is 1. The first kappa shape index (κ1) is 11.4. The van der Waals surface area contributed by atoms with Crippen LogP contribution in [-0.2, 0) is 9.53 Å². The molecule has 1 amide bonds. The maximum absolute atomic E-state index is 11.8. The van der Waals surface area contributed by atoms with Crippen molar-refractivity contribution in [2.75, 3.05) is 39.8 Å². The van der Waals surface area contributed by atoms with Gasteiger partial charge in [0.25, 0.3) is 0 Å². The van der Waals surface area contributed by atoms with E-state index < -0.39 is 0 Å². The Balaban J connectivity index is 1.68. The fourth-order valence-electron chi connectivity index (χ4n) is 2.74. The van der Waals surface area contributed by atoms with Gasteiger partial charge in [0.05, 0.1) is 6.61 Å². The number of carbonyl (C=O) groups is 1. The summed E-state index contributed by atoms with van der Waals surface area (Å²) in [4.78, 5) is 14.2. The third kappa shape index (κ3) is 2.19. The molecular formula is C12H21N3O2. The lowest BCUT2D eigenvalue weighted by atomic mass is 9.92. The van der Waals surface area contributed by atoms with Crippen LogP contribution in [0.25, 0.3) is 0 Å². The van der Waals surface area contributed by atoms with E-state index in [-0.39, 0.29) is 17.6 Å². The third-order valence-corrected chi connectivity index (χ3v) is 4.11. The second-order valence-electron chi connectivity index (χ2n) is 5.60. The lowest BCUT2D eigenvalue weighted by molar-refractivity contribution is -0.168. The Bertz CT molecular complexity index is 313. The Labute approximate surface area is 102 Å². The Morgan fingerprint density at radius 1 is 1.53 bits per heavy atom. The number of rotatable bonds is 3. The van der Waals surface area contributed by atoms with Gasteiger partial charge in [0.1, 0.15) is 11.6 Å². The van der Waals surface area contributed by atoms with E-state index in [0.717, 1.165) is 32.1 Å². The molecule has 3 fully saturated rings. The predicted octanol–water partition coefficient (Wildman–Crippen LogP) is -0.815. The van der Waals surface area contributed by atoms with Gasteiger partial charge in [0, 0.05) is 33.2 Å². The largest absolute Gasteiger partial charge is 0.369 e. The number of nitrogens with one attached hydrogen (secondary N) is 2. The minimum absolute atomic E-state index is 0.0145. The summed E-state index contributed by atoms with van der Waals surface area (Å²) in [5, 5.41) is 6.01. The molecule has 0 aromatic rings. The highest BCUT2D eigenvalue weighted by molar-refractivity contribution is 5.81. The van der Waals surface area contributed by atoms with Crippen LogP contribution in [0.3, 0.4) is 0 Å². The van der Waals surface area contributed by atoms with Gasteiger partial charge in [-0.2, -0.15) is 0 Å². The topological polar surface area (TPSA) is 53.6 Å². The van der Waals surface area contributed by atoms with E-state index in [0.29, 0.717) is 6.61 Å². The first-order chi connectivity index (χ1) is 8.22. The van der Waals surface area contributed by atoms with Gasteiger partial charge < -0.3 is 15.4 Å². The maximum Gasteiger partial charge on any atom is 0.239 e. The van der Waals surface area contributed by atoms with Crippen molar-refractivity contribution in [2.24, 2.45) is 5.92 Å². The van der Waals surface area contributed by atoms with Crippen LogP contribution in [0, 0.1) is 5.92 Å². The van der Waals surface area contributed by atoms with Crippen LogP contribution in [0.15, 0.2) is 0 Å². The zero-order valence-corrected chi connectivity index (χ0v) is 10.4. The summed E-state index contributed by atoms with van der Waals surface area (Å²) in [5.41, 5.74) is -0.0145. The molecule has 96 valence electrons. The zero-order chi connectivity index (χ0) is 11.9. The molecule has 1 spiro atoms. The van der Waals surface area contributed by atoms with E-state index in [1.54, 1.807) is 7.05 Å². The molecule has 2 heterocycles. The number of nitrogens with zero attached hydrogens (tertiary/aromatic N) is 1. The fourth-order valence-corrected chi connectivity index (χ4v) is 2.74. The Morgan fingerprint density at radius 3 is 2.82 bits per heavy atom. The van der Waals surface area contributed by atoms with Crippen LogP contribution in [0.4, 0.5) is 0 Å². The summed E-state index contributed by atoms with van der Waals surface area (Å²) < 4.78 is 5.90. The minimum Gasteiger partial charge on any atom is -0.369 e. The van der Waals surface area contributed by atoms with Crippen molar-refractivity contribution in [3.05, 3.63) is 0 Å². The number of morpholine rings is 1. The highest BCUT2D eigenvalue weighted by atomic mass is 16.5. The average Bonchev–Trinajstić information content (AvgIpc) is 3.10. The summed E-state index contributed by atoms with van der Waals surface area (Å²) in [6, 6.07) is -0.0909. The monoisotopic (exact) mass is 239 g/mol. The fraction of sp³-hybridized carbons (Fsp3) is 0.917. The first-order valence-corrected chi connectivity index (χ1v) is 6.53. The lowest BCUT2D eigenvalue weighted by Gasteiger charge is -2.51. The van der Waals surface area contributed by atoms with E-state index in [9.17, 15) is 4.79 Å². The number of likely N-dealkylation sites (N-methyl/N-ethyl adjacent to an activating group) is 1. The second-order valence-corrected chi connectivity index (χ2v) is 5.60. The summed E-state index contributed by atoms with van der Waals surface area (Å²) in [6.07, 6.45) is 2.64. The molecule has 1 aliphatic carbocycles. The summed E-state index contributed by atoms with van der Waals surface area (Å²) in [7, 11) is 1.70. The van der Waals surface area contributed by atoms with E-state index >= 15 is 0 Å². The van der Waals surface area contributed by atoms with E-state index in [4.69, 9.17) is 4.74 Å². The predicted molar refractivity (Wildman–Crippen MR) is 63.7 cm³/mol. The molecule has 0 aromatic heterocycles. The van der Waals surface area contributed by atoms with Crippen LogP contribution in [0.2, 0.25) is 0 Å². The Kier molecular flexibility index (Phi) is 2.84. The van der Waals surface area contributed by atoms with Crippen LogP contribution in [-0.4, -0.2) is 62.3 Å². The second kappa shape index (κ2) is 4.23. The normalized spacial score (nSPS) is 32.2. The molecule has 0 bridgehead atoms. The van der Waals surface area contributed by atoms with E-state index in [1.165, 1.54) is 12.8 Å². The zero-order valence-electron chi connectivity index (χ0n) is 10.4. The van der Waals surface area contributed by atoms with Gasteiger partial charge in [-0.25, -0.2) is 0 Å². The molecule has 1 atom stereocenters. The lowest BCUT2D eigenvalue weighted by Crippen LogP contribution is -2.72. The van der Waals surface area contributed by atoms with Crippen molar-refractivity contribution >= 4 is 5.91 Å². The SMILES string of the molecule is CNC(=O)[C@H]1COC2(CNC2)CN1CC1CC1. The van der Waals surface area contributed by atoms with Crippen LogP contribution in [0.1, 0.15) is 12.8 Å². The molecule has 17 heavy (non-hydrogen) atoms. The highest BCUT2D eigenvalue weighted by Gasteiger charge is 2.47. The van der Waals surface area contributed by atoms with Gasteiger partial charge in [0.2, 0.25) is 5.91 Å². The number of carbonyl (C=O) groups excluding carboxylic acids is 1. The van der Waals surface area contributed by atoms with Crippen molar-refractivity contribution < 1.29 is 9.53 Å². The molecule has 0 radical (unpaired) electrons. The van der Waals surface area contributed by atoms with Gasteiger partial charge >= 0.3 is 0 Å². The smallest absolute Gasteiger partial charge is 0.239 e. The molecule has 3 rings (SSSR count). The first-order valence-electron chi connectivity index (χ1n) is 6.53. The van der Waals surface area contributed by atoms with Gasteiger partial charge in [0.15, 0.2) is 0 Å². The van der Waals surface area contributed by atoms with Crippen molar-refractivity contribution in [1.29, 1.82) is 0 Å². The van der Waals surface area contributed by atoms with Crippen LogP contribution >= 0.6 is 0 Å². The molecule has 2 N–H and O–H groups in total. The van der Waals surface area contributed by atoms with Crippen molar-refractivity contribution in [3.8, 4) is 0 Å². The van der Waals surface area contributed by atoms with Crippen molar-refractivity contribution in [3.63, 3.8) is 0 Å². The summed E-state index contributed by atoms with van der Waals surface area (Å²) in [6.45, 7) is 4.34. The summed E-state index contributed by atoms with van der Waals surface area (Å²) >= 11 is 0. The van der Waals surface area contributed by atoms with E-state index in [1.807, 2.05) is 0 Å². The molecule has 3 aliphatic rings. The molecule has 2 saturated heterocycles. The van der Waals surface area contributed by atoms with Gasteiger partial charge in [-0.05, 0) is 18.8 Å². The quantitative estimate of drug-likeness (QED) is 0.676. The molecular weight excluding hydrogens is 218 g/mol. The number of hydrogen-bond donors (Lipinski definition) is 2. The van der Waals surface area contributed by atoms with Crippen LogP contribution in [0.5, 0.6) is 0 Å². The molecule has 2 aliphatic heterocycles. The molecule has 5 nitrogen and oxygen atoms in total. The third-order valence-electron chi connectivity index (χ3n) is 4.11. The van der Waals surface area contributed by atoms with E-state index in [2.05, 4.69) is 15.5 Å². The van der Waals surface area contributed by atoms with Crippen LogP contribution < -0.4 is 10.6 Å². The number of hydrogen-bond acceptors (Lipinski definition) is 4. The highest BCUT2D eigenvalue weighted by Crippen LogP contribution is 2.33. The molecule has 0 aromatic carbocycles. The van der Waals surface area contributed by atoms with Gasteiger partial charge in [-0.3, -0.25) is 9.69 Å². The maximum atomic E-state index is 11.8. The number of ether oxygens (including phenoxy) is 1. The van der Waals surface area contributed by atoms with Crippen molar-refractivity contribution in [1.82, 2.24) is 15.5 Å². The van der Waals surface area contributed by atoms with Crippen molar-refractivity contribution in [2.45, 2.75) is 24.5 Å². The minimum atomic E-state index is -0.0909. The molecule has 1 saturated carbocycles. The van der Waals surface area contributed by atoms with Gasteiger partial charge in [-0.1, -0.05) is 0 Å². The molecule has 0 unspecified atom stereocenters. The Hall–Kier alpha value is -0.650. The average molecular weight is 239 g/mol. The Morgan fingerprint density at radius 2 is 2.29 bits per heavy atom. The summed E-state index contributed by atoms with van der Waals surface area (Å²) in [5.74, 6) is 0.901. The standard InChI is InChI=1S/C12H21N3O2/c1-13-11(16)10-5-17-12(6-14-7-12)8-15(10)4-9-2-3-9/h9-10,14H,2-8H2,1H3,(H,13,16)/t10-/m1/s1. The molecule has 5 heteroatoms. The van der Waals surface area contributed by atoms with Gasteiger partial charge in [-0.15, -0.1) is 0 Å².